The zero-order valence-corrected chi connectivity index (χ0v) is 20.3. The van der Waals surface area contributed by atoms with Crippen molar-refractivity contribution in [2.75, 3.05) is 0 Å². The molecule has 0 fully saturated rings. The molecule has 4 nitrogen and oxygen atoms in total. The first-order valence-electron chi connectivity index (χ1n) is 11.0. The van der Waals surface area contributed by atoms with Crippen LogP contribution >= 0.6 is 0 Å². The molecule has 0 unspecified atom stereocenters. The van der Waals surface area contributed by atoms with E-state index in [0.717, 1.165) is 0 Å². The van der Waals surface area contributed by atoms with E-state index in [9.17, 15) is 13.2 Å². The first-order chi connectivity index (χ1) is 17.0. The molecule has 8 heteroatoms. The zero-order valence-electron chi connectivity index (χ0n) is 19.5. The Balaban J connectivity index is 0.000000331. The number of aromatic nitrogens is 1. The lowest BCUT2D eigenvalue weighted by atomic mass is 9.90. The summed E-state index contributed by atoms with van der Waals surface area (Å²) in [7, 11) is -6.09. The number of fused-ring (bicyclic) bond motifs is 3. The third-order valence-corrected chi connectivity index (χ3v) is 6.33. The van der Waals surface area contributed by atoms with E-state index in [1.807, 2.05) is 0 Å². The molecular weight excluding hydrogens is 487 g/mol. The number of hydrogen-bond acceptors (Lipinski definition) is 3. The van der Waals surface area contributed by atoms with Crippen LogP contribution in [0.3, 0.4) is 0 Å². The molecule has 0 N–H and O–H groups in total. The molecule has 5 aromatic rings. The Labute approximate surface area is 207 Å². The minimum atomic E-state index is -6.09. The molecule has 0 aliphatic rings. The predicted octanol–water partition coefficient (Wildman–Crippen LogP) is 6.58. The van der Waals surface area contributed by atoms with Crippen LogP contribution in [0, 0.1) is 13.8 Å². The lowest BCUT2D eigenvalue weighted by Crippen LogP contribution is -2.23. The van der Waals surface area contributed by atoms with Gasteiger partial charge < -0.3 is 4.55 Å². The van der Waals surface area contributed by atoms with Crippen LogP contribution in [-0.2, 0) is 10.1 Å². The molecule has 2 aromatic heterocycles. The number of halogens is 3. The highest BCUT2D eigenvalue weighted by Gasteiger charge is 2.36. The maximum absolute atomic E-state index is 10.7. The van der Waals surface area contributed by atoms with E-state index >= 15 is 0 Å². The van der Waals surface area contributed by atoms with Crippen LogP contribution in [0.1, 0.15) is 11.1 Å². The van der Waals surface area contributed by atoms with E-state index in [2.05, 4.69) is 115 Å². The monoisotopic (exact) mass is 509 g/mol. The number of rotatable bonds is 2. The van der Waals surface area contributed by atoms with Crippen LogP contribution in [0.4, 0.5) is 13.2 Å². The van der Waals surface area contributed by atoms with Gasteiger partial charge in [-0.2, -0.15) is 17.6 Å². The van der Waals surface area contributed by atoms with Crippen molar-refractivity contribution in [3.63, 3.8) is 0 Å². The zero-order chi connectivity index (χ0) is 26.1. The maximum Gasteiger partial charge on any atom is 0.485 e. The second kappa shape index (κ2) is 9.72. The van der Waals surface area contributed by atoms with E-state index in [-0.39, 0.29) is 0 Å². The van der Waals surface area contributed by atoms with E-state index in [1.165, 1.54) is 49.8 Å². The Morgan fingerprint density at radius 3 is 1.64 bits per heavy atom. The average Bonchev–Trinajstić information content (AvgIpc) is 2.84. The minimum absolute atomic E-state index is 1.22. The summed E-state index contributed by atoms with van der Waals surface area (Å²) in [4.78, 5) is 0. The molecule has 0 radical (unpaired) electrons. The molecule has 0 bridgehead atoms. The van der Waals surface area contributed by atoms with Crippen molar-refractivity contribution in [3.8, 4) is 22.3 Å². The SMILES string of the molecule is Cc1ccc(-c2c(-c3ccc(C)cc3)c3cccc[n+]3c3ccccc23)cc1.O=S(=O)([O-])C(F)(F)F. The molecule has 0 saturated heterocycles. The van der Waals surface area contributed by atoms with Crippen LogP contribution in [0.25, 0.3) is 38.7 Å². The molecule has 0 saturated carbocycles. The number of alkyl halides is 3. The summed E-state index contributed by atoms with van der Waals surface area (Å²) in [6.45, 7) is 4.27. The first-order valence-corrected chi connectivity index (χ1v) is 12.4. The predicted molar refractivity (Wildman–Crippen MR) is 133 cm³/mol. The van der Waals surface area contributed by atoms with Gasteiger partial charge in [0.1, 0.15) is 0 Å². The Bertz CT molecular complexity index is 1540. The number of pyridine rings is 2. The lowest BCUT2D eigenvalue weighted by molar-refractivity contribution is -0.481. The Kier molecular flexibility index (Phi) is 6.84. The Hall–Kier alpha value is -3.75. The second-order valence-electron chi connectivity index (χ2n) is 8.35. The summed E-state index contributed by atoms with van der Waals surface area (Å²) in [6.07, 6.45) is 2.16. The molecule has 0 atom stereocenters. The molecule has 0 spiro atoms. The van der Waals surface area contributed by atoms with Crippen molar-refractivity contribution in [2.45, 2.75) is 19.4 Å². The third kappa shape index (κ3) is 5.10. The number of para-hydroxylation sites is 1. The topological polar surface area (TPSA) is 61.3 Å². The fraction of sp³-hybridized carbons (Fsp3) is 0.107. The summed E-state index contributed by atoms with van der Waals surface area (Å²) >= 11 is 0. The standard InChI is InChI=1S/C27H22N.CHF3O3S/c1-19-10-14-21(15-11-19)26-23-7-3-4-8-24(23)28-18-6-5-9-25(28)27(26)22-16-12-20(2)13-17-22;2-1(3,4)8(5,6)7/h3-18H,1-2H3;(H,5,6,7)/q+1;/p-1. The summed E-state index contributed by atoms with van der Waals surface area (Å²) in [5.74, 6) is 0. The van der Waals surface area contributed by atoms with Crippen LogP contribution in [0.5, 0.6) is 0 Å². The number of nitrogens with zero attached hydrogens (tertiary/aromatic N) is 1. The molecule has 184 valence electrons. The minimum Gasteiger partial charge on any atom is -0.741 e. The van der Waals surface area contributed by atoms with Crippen molar-refractivity contribution in [3.05, 3.63) is 108 Å². The van der Waals surface area contributed by atoms with Gasteiger partial charge in [-0.15, -0.1) is 0 Å². The Morgan fingerprint density at radius 2 is 1.11 bits per heavy atom. The van der Waals surface area contributed by atoms with Gasteiger partial charge in [-0.05, 0) is 37.1 Å². The summed E-state index contributed by atoms with van der Waals surface area (Å²) in [5, 5.41) is 1.27. The van der Waals surface area contributed by atoms with Gasteiger partial charge in [0, 0.05) is 23.8 Å². The number of benzene rings is 3. The summed E-state index contributed by atoms with van der Waals surface area (Å²) in [5.41, 5.74) is 4.43. The third-order valence-electron chi connectivity index (χ3n) is 5.76. The fourth-order valence-electron chi connectivity index (χ4n) is 4.05. The number of hydrogen-bond donors (Lipinski definition) is 0. The molecule has 36 heavy (non-hydrogen) atoms. The Morgan fingerprint density at radius 1 is 0.667 bits per heavy atom. The van der Waals surface area contributed by atoms with Gasteiger partial charge in [-0.3, -0.25) is 0 Å². The molecule has 0 aliphatic carbocycles. The highest BCUT2D eigenvalue weighted by molar-refractivity contribution is 7.86. The van der Waals surface area contributed by atoms with E-state index < -0.39 is 15.6 Å². The molecule has 0 aliphatic heterocycles. The van der Waals surface area contributed by atoms with Crippen molar-refractivity contribution in [1.82, 2.24) is 0 Å². The van der Waals surface area contributed by atoms with Crippen LogP contribution < -0.4 is 4.40 Å². The molecule has 2 heterocycles. The van der Waals surface area contributed by atoms with Gasteiger partial charge in [0.2, 0.25) is 11.0 Å². The first kappa shape index (κ1) is 25.3. The fourth-order valence-corrected chi connectivity index (χ4v) is 4.05. The molecular formula is C28H22F3NO3S. The van der Waals surface area contributed by atoms with Crippen molar-refractivity contribution < 1.29 is 30.5 Å². The second-order valence-corrected chi connectivity index (χ2v) is 9.73. The van der Waals surface area contributed by atoms with E-state index in [0.29, 0.717) is 0 Å². The van der Waals surface area contributed by atoms with Gasteiger partial charge in [0.25, 0.3) is 0 Å². The van der Waals surface area contributed by atoms with E-state index in [4.69, 9.17) is 13.0 Å². The van der Waals surface area contributed by atoms with Crippen LogP contribution in [0.15, 0.2) is 97.2 Å². The maximum atomic E-state index is 10.7. The van der Waals surface area contributed by atoms with Crippen LogP contribution in [0.2, 0.25) is 0 Å². The highest BCUT2D eigenvalue weighted by Crippen LogP contribution is 2.39. The molecule has 0 amide bonds. The largest absolute Gasteiger partial charge is 0.741 e. The van der Waals surface area contributed by atoms with Gasteiger partial charge >= 0.3 is 5.51 Å². The van der Waals surface area contributed by atoms with E-state index in [1.54, 1.807) is 0 Å². The normalized spacial score (nSPS) is 11.8. The lowest BCUT2D eigenvalue weighted by Gasteiger charge is -2.14. The smallest absolute Gasteiger partial charge is 0.485 e. The molecule has 5 rings (SSSR count). The van der Waals surface area contributed by atoms with Crippen molar-refractivity contribution >= 4 is 26.5 Å². The van der Waals surface area contributed by atoms with Crippen LogP contribution in [-0.4, -0.2) is 18.5 Å². The highest BCUT2D eigenvalue weighted by atomic mass is 32.2. The quantitative estimate of drug-likeness (QED) is 0.117. The van der Waals surface area contributed by atoms with Gasteiger partial charge in [0.15, 0.2) is 16.3 Å². The summed E-state index contributed by atoms with van der Waals surface area (Å²) < 4.78 is 61.2. The average molecular weight is 510 g/mol. The molecule has 3 aromatic carbocycles. The summed E-state index contributed by atoms with van der Waals surface area (Å²) in [6, 6.07) is 32.9. The number of aryl methyl sites for hydroxylation is 2. The van der Waals surface area contributed by atoms with Gasteiger partial charge in [0.05, 0.1) is 10.9 Å². The van der Waals surface area contributed by atoms with Crippen molar-refractivity contribution in [1.29, 1.82) is 0 Å². The van der Waals surface area contributed by atoms with Crippen molar-refractivity contribution in [2.24, 2.45) is 0 Å². The van der Waals surface area contributed by atoms with Gasteiger partial charge in [-0.1, -0.05) is 71.8 Å². The van der Waals surface area contributed by atoms with Gasteiger partial charge in [-0.25, -0.2) is 8.42 Å².